The molecule has 4 rings (SSSR count). The Labute approximate surface area is 152 Å². The molecule has 4 aromatic rings. The molecule has 128 valence electrons. The van der Waals surface area contributed by atoms with Gasteiger partial charge >= 0.3 is 0 Å². The van der Waals surface area contributed by atoms with Crippen molar-refractivity contribution in [3.63, 3.8) is 0 Å². The lowest BCUT2D eigenvalue weighted by Crippen LogP contribution is -2.22. The highest BCUT2D eigenvalue weighted by Gasteiger charge is 2.14. The van der Waals surface area contributed by atoms with E-state index >= 15 is 0 Å². The summed E-state index contributed by atoms with van der Waals surface area (Å²) in [4.78, 5) is 18.9. The van der Waals surface area contributed by atoms with Gasteiger partial charge in [0.2, 0.25) is 0 Å². The van der Waals surface area contributed by atoms with E-state index in [4.69, 9.17) is 0 Å². The van der Waals surface area contributed by atoms with Crippen molar-refractivity contribution >= 4 is 28.3 Å². The van der Waals surface area contributed by atoms with Crippen LogP contribution in [0.4, 0.5) is 4.39 Å². The number of hydrogen-bond acceptors (Lipinski definition) is 4. The first-order valence-electron chi connectivity index (χ1n) is 7.98. The Morgan fingerprint density at radius 3 is 2.50 bits per heavy atom. The lowest BCUT2D eigenvalue weighted by atomic mass is 10.1. The fraction of sp³-hybridized carbons (Fsp3) is 0.0500. The van der Waals surface area contributed by atoms with Gasteiger partial charge in [0.1, 0.15) is 11.5 Å². The molecule has 0 fully saturated rings. The van der Waals surface area contributed by atoms with Gasteiger partial charge in [0.25, 0.3) is 5.56 Å². The third-order valence-corrected chi connectivity index (χ3v) is 5.02. The van der Waals surface area contributed by atoms with Gasteiger partial charge in [-0.1, -0.05) is 18.2 Å². The van der Waals surface area contributed by atoms with E-state index in [0.717, 1.165) is 15.1 Å². The molecule has 2 aromatic carbocycles. The predicted molar refractivity (Wildman–Crippen MR) is 104 cm³/mol. The molecule has 4 nitrogen and oxygen atoms in total. The van der Waals surface area contributed by atoms with Crippen molar-refractivity contribution in [2.24, 2.45) is 4.99 Å². The molecule has 0 atom stereocenters. The van der Waals surface area contributed by atoms with Crippen molar-refractivity contribution in [1.29, 1.82) is 0 Å². The van der Waals surface area contributed by atoms with Crippen molar-refractivity contribution in [2.75, 3.05) is 7.05 Å². The maximum Gasteiger partial charge on any atom is 0.279 e. The molecule has 6 heteroatoms. The van der Waals surface area contributed by atoms with E-state index < -0.39 is 0 Å². The molecular formula is C20H14FN3OS. The lowest BCUT2D eigenvalue weighted by molar-refractivity contribution is 0.626. The Hall–Kier alpha value is -3.12. The van der Waals surface area contributed by atoms with E-state index in [-0.39, 0.29) is 11.4 Å². The molecule has 0 saturated heterocycles. The molecule has 2 aromatic heterocycles. The van der Waals surface area contributed by atoms with Crippen LogP contribution in [0.1, 0.15) is 4.88 Å². The van der Waals surface area contributed by atoms with Gasteiger partial charge in [0.05, 0.1) is 16.0 Å². The number of rotatable bonds is 3. The summed E-state index contributed by atoms with van der Waals surface area (Å²) in [5.74, 6) is -0.357. The first kappa shape index (κ1) is 16.4. The number of hydrogen-bond donors (Lipinski definition) is 0. The largest absolute Gasteiger partial charge is 0.295 e. The molecule has 2 heterocycles. The van der Waals surface area contributed by atoms with Crippen LogP contribution in [-0.2, 0) is 0 Å². The monoisotopic (exact) mass is 363 g/mol. The van der Waals surface area contributed by atoms with Crippen molar-refractivity contribution in [3.8, 4) is 16.3 Å². The summed E-state index contributed by atoms with van der Waals surface area (Å²) in [5, 5.41) is 5.95. The molecule has 0 bridgehead atoms. The predicted octanol–water partition coefficient (Wildman–Crippen LogP) is 4.30. The summed E-state index contributed by atoms with van der Waals surface area (Å²) in [5.41, 5.74) is 1.00. The average Bonchev–Trinajstić information content (AvgIpc) is 3.12. The molecule has 26 heavy (non-hydrogen) atoms. The van der Waals surface area contributed by atoms with E-state index in [9.17, 15) is 9.18 Å². The van der Waals surface area contributed by atoms with E-state index in [1.807, 2.05) is 30.3 Å². The van der Waals surface area contributed by atoms with Gasteiger partial charge in [-0.05, 0) is 42.5 Å². The summed E-state index contributed by atoms with van der Waals surface area (Å²) < 4.78 is 14.6. The normalized spacial score (nSPS) is 11.5. The van der Waals surface area contributed by atoms with E-state index in [1.54, 1.807) is 42.8 Å². The van der Waals surface area contributed by atoms with E-state index in [2.05, 4.69) is 10.1 Å². The van der Waals surface area contributed by atoms with Crippen LogP contribution in [0.2, 0.25) is 0 Å². The fourth-order valence-electron chi connectivity index (χ4n) is 2.81. The summed E-state index contributed by atoms with van der Waals surface area (Å²) in [6, 6.07) is 17.1. The molecule has 0 aliphatic heterocycles. The number of halogens is 1. The Bertz CT molecular complexity index is 1180. The van der Waals surface area contributed by atoms with Crippen molar-refractivity contribution in [3.05, 3.63) is 81.7 Å². The quantitative estimate of drug-likeness (QED) is 0.510. The first-order valence-corrected chi connectivity index (χ1v) is 8.79. The Kier molecular flexibility index (Phi) is 4.18. The number of thiophene rings is 1. The van der Waals surface area contributed by atoms with Crippen LogP contribution in [0.25, 0.3) is 27.0 Å². The van der Waals surface area contributed by atoms with Crippen molar-refractivity contribution < 1.29 is 4.39 Å². The Balaban J connectivity index is 2.01. The van der Waals surface area contributed by atoms with Gasteiger partial charge in [-0.15, -0.1) is 11.3 Å². The number of aliphatic imine (C=N–C) groups is 1. The molecule has 0 spiro atoms. The molecule has 0 amide bonds. The van der Waals surface area contributed by atoms with Crippen LogP contribution in [0, 0.1) is 5.82 Å². The summed E-state index contributed by atoms with van der Waals surface area (Å²) in [6.07, 6.45) is 1.78. The molecule has 0 N–H and O–H groups in total. The van der Waals surface area contributed by atoms with Crippen LogP contribution in [0.3, 0.4) is 0 Å². The maximum absolute atomic E-state index is 13.3. The van der Waals surface area contributed by atoms with E-state index in [0.29, 0.717) is 16.8 Å². The van der Waals surface area contributed by atoms with Gasteiger partial charge in [-0.2, -0.15) is 9.78 Å². The second-order valence-corrected chi connectivity index (χ2v) is 6.79. The number of fused-ring (bicyclic) bond motifs is 1. The van der Waals surface area contributed by atoms with Crippen molar-refractivity contribution in [2.45, 2.75) is 0 Å². The maximum atomic E-state index is 13.3. The first-order chi connectivity index (χ1) is 12.7. The third-order valence-electron chi connectivity index (χ3n) is 3.99. The average molecular weight is 363 g/mol. The van der Waals surface area contributed by atoms with Crippen LogP contribution >= 0.6 is 11.3 Å². The van der Waals surface area contributed by atoms with Gasteiger partial charge in [-0.3, -0.25) is 9.79 Å². The SMILES string of the molecule is CN=Cc1ccc(-c2nn(-c3ccc(F)cc3)c(=O)c3ccccc23)s1. The van der Waals surface area contributed by atoms with Crippen LogP contribution in [-0.4, -0.2) is 23.0 Å². The number of aromatic nitrogens is 2. The second kappa shape index (κ2) is 6.65. The summed E-state index contributed by atoms with van der Waals surface area (Å²) in [7, 11) is 1.72. The minimum atomic E-state index is -0.357. The molecule has 0 saturated carbocycles. The zero-order valence-corrected chi connectivity index (χ0v) is 14.7. The molecular weight excluding hydrogens is 349 g/mol. The molecule has 0 unspecified atom stereocenters. The van der Waals surface area contributed by atoms with Crippen molar-refractivity contribution in [1.82, 2.24) is 9.78 Å². The summed E-state index contributed by atoms with van der Waals surface area (Å²) in [6.45, 7) is 0. The van der Waals surface area contributed by atoms with Gasteiger partial charge in [0, 0.05) is 23.5 Å². The smallest absolute Gasteiger partial charge is 0.279 e. The standard InChI is InChI=1S/C20H14FN3OS/c1-22-12-15-10-11-18(26-15)19-16-4-2-3-5-17(16)20(25)24(23-19)14-8-6-13(21)7-9-14/h2-12H,1H3. The molecule has 0 aliphatic rings. The van der Waals surface area contributed by atoms with E-state index in [1.165, 1.54) is 16.8 Å². The topological polar surface area (TPSA) is 47.2 Å². The molecule has 0 radical (unpaired) electrons. The highest BCUT2D eigenvalue weighted by molar-refractivity contribution is 7.17. The van der Waals surface area contributed by atoms with Crippen LogP contribution in [0.5, 0.6) is 0 Å². The minimum Gasteiger partial charge on any atom is -0.295 e. The lowest BCUT2D eigenvalue weighted by Gasteiger charge is -2.10. The Morgan fingerprint density at radius 1 is 1.04 bits per heavy atom. The fourth-order valence-corrected chi connectivity index (χ4v) is 3.74. The summed E-state index contributed by atoms with van der Waals surface area (Å²) >= 11 is 1.55. The highest BCUT2D eigenvalue weighted by atomic mass is 32.1. The third kappa shape index (κ3) is 2.84. The second-order valence-electron chi connectivity index (χ2n) is 5.68. The highest BCUT2D eigenvalue weighted by Crippen LogP contribution is 2.30. The number of benzene rings is 2. The minimum absolute atomic E-state index is 0.233. The van der Waals surface area contributed by atoms with Gasteiger partial charge in [0.15, 0.2) is 0 Å². The Morgan fingerprint density at radius 2 is 1.77 bits per heavy atom. The van der Waals surface area contributed by atoms with Gasteiger partial charge in [-0.25, -0.2) is 4.39 Å². The zero-order valence-electron chi connectivity index (χ0n) is 13.9. The van der Waals surface area contributed by atoms with Crippen LogP contribution in [0.15, 0.2) is 70.5 Å². The number of nitrogens with zero attached hydrogens (tertiary/aromatic N) is 3. The molecule has 0 aliphatic carbocycles. The van der Waals surface area contributed by atoms with Crippen LogP contribution < -0.4 is 5.56 Å². The zero-order chi connectivity index (χ0) is 18.1. The van der Waals surface area contributed by atoms with Gasteiger partial charge < -0.3 is 0 Å².